The molecule has 0 amide bonds. The minimum Gasteiger partial charge on any atom is -0.330 e. The molecule has 1 unspecified atom stereocenters. The molecule has 4 heteroatoms. The van der Waals surface area contributed by atoms with E-state index in [2.05, 4.69) is 22.0 Å². The number of hydrogen-bond acceptors (Lipinski definition) is 2. The summed E-state index contributed by atoms with van der Waals surface area (Å²) in [7, 11) is 0. The zero-order valence-corrected chi connectivity index (χ0v) is 11.6. The molecular weight excluding hydrogens is 301 g/mol. The Labute approximate surface area is 113 Å². The molecule has 17 heavy (non-hydrogen) atoms. The van der Waals surface area contributed by atoms with Gasteiger partial charge in [0.1, 0.15) is 5.82 Å². The number of rotatable bonds is 4. The number of nitrogens with two attached hydrogens (primary N) is 1. The van der Waals surface area contributed by atoms with Crippen LogP contribution in [0.2, 0.25) is 0 Å². The lowest BCUT2D eigenvalue weighted by molar-refractivity contribution is 0.617. The molecular formula is C13H13BrFNS. The Morgan fingerprint density at radius 2 is 2.12 bits per heavy atom. The lowest BCUT2D eigenvalue weighted by Crippen LogP contribution is -2.14. The largest absolute Gasteiger partial charge is 0.330 e. The zero-order valence-electron chi connectivity index (χ0n) is 9.20. The van der Waals surface area contributed by atoms with E-state index in [-0.39, 0.29) is 11.7 Å². The van der Waals surface area contributed by atoms with E-state index in [1.807, 2.05) is 12.1 Å². The van der Waals surface area contributed by atoms with Gasteiger partial charge in [-0.2, -0.15) is 0 Å². The van der Waals surface area contributed by atoms with Gasteiger partial charge in [-0.15, -0.1) is 11.3 Å². The Kier molecular flexibility index (Phi) is 4.31. The number of halogens is 2. The van der Waals surface area contributed by atoms with Crippen LogP contribution in [0.4, 0.5) is 4.39 Å². The van der Waals surface area contributed by atoms with Crippen molar-refractivity contribution < 1.29 is 4.39 Å². The van der Waals surface area contributed by atoms with Gasteiger partial charge in [-0.25, -0.2) is 4.39 Å². The highest BCUT2D eigenvalue weighted by atomic mass is 79.9. The predicted molar refractivity (Wildman–Crippen MR) is 73.9 cm³/mol. The van der Waals surface area contributed by atoms with Crippen LogP contribution >= 0.6 is 27.3 Å². The Morgan fingerprint density at radius 1 is 1.29 bits per heavy atom. The third-order valence-electron chi connectivity index (χ3n) is 2.68. The van der Waals surface area contributed by atoms with Gasteiger partial charge in [-0.1, -0.05) is 12.1 Å². The fraction of sp³-hybridized carbons (Fsp3) is 0.231. The van der Waals surface area contributed by atoms with E-state index in [1.165, 1.54) is 10.9 Å². The average Bonchev–Trinajstić information content (AvgIpc) is 2.72. The number of benzene rings is 1. The molecule has 0 aliphatic heterocycles. The van der Waals surface area contributed by atoms with Crippen molar-refractivity contribution in [2.75, 3.05) is 6.54 Å². The summed E-state index contributed by atoms with van der Waals surface area (Å²) in [4.78, 5) is 1.26. The molecule has 1 nitrogen and oxygen atoms in total. The SMILES string of the molecule is NCC(Cc1ccc(Br)s1)c1cccc(F)c1. The molecule has 2 rings (SSSR count). The fourth-order valence-electron chi connectivity index (χ4n) is 1.80. The highest BCUT2D eigenvalue weighted by molar-refractivity contribution is 9.11. The summed E-state index contributed by atoms with van der Waals surface area (Å²) in [5, 5.41) is 0. The smallest absolute Gasteiger partial charge is 0.123 e. The summed E-state index contributed by atoms with van der Waals surface area (Å²) in [5.41, 5.74) is 6.75. The molecule has 1 heterocycles. The number of thiophene rings is 1. The van der Waals surface area contributed by atoms with E-state index in [4.69, 9.17) is 5.73 Å². The van der Waals surface area contributed by atoms with Crippen LogP contribution in [-0.4, -0.2) is 6.54 Å². The van der Waals surface area contributed by atoms with Gasteiger partial charge in [0.15, 0.2) is 0 Å². The van der Waals surface area contributed by atoms with Crippen molar-refractivity contribution in [2.45, 2.75) is 12.3 Å². The maximum Gasteiger partial charge on any atom is 0.123 e. The van der Waals surface area contributed by atoms with Crippen molar-refractivity contribution in [1.29, 1.82) is 0 Å². The van der Waals surface area contributed by atoms with E-state index in [1.54, 1.807) is 23.5 Å². The van der Waals surface area contributed by atoms with Crippen LogP contribution < -0.4 is 5.73 Å². The Balaban J connectivity index is 2.16. The normalized spacial score (nSPS) is 12.6. The van der Waals surface area contributed by atoms with E-state index in [0.29, 0.717) is 6.54 Å². The summed E-state index contributed by atoms with van der Waals surface area (Å²) in [6.07, 6.45) is 0.857. The molecule has 0 fully saturated rings. The van der Waals surface area contributed by atoms with Crippen LogP contribution in [0.25, 0.3) is 0 Å². The third kappa shape index (κ3) is 3.37. The summed E-state index contributed by atoms with van der Waals surface area (Å²) in [5.74, 6) is -0.0236. The van der Waals surface area contributed by atoms with Gasteiger partial charge in [0.2, 0.25) is 0 Å². The molecule has 2 aromatic rings. The molecule has 1 atom stereocenters. The predicted octanol–water partition coefficient (Wildman–Crippen LogP) is 3.93. The lowest BCUT2D eigenvalue weighted by Gasteiger charge is -2.14. The van der Waals surface area contributed by atoms with Crippen molar-refractivity contribution in [2.24, 2.45) is 5.73 Å². The standard InChI is InChI=1S/C13H13BrFNS/c14-13-5-4-12(17-13)7-10(8-16)9-2-1-3-11(15)6-9/h1-6,10H,7-8,16H2. The van der Waals surface area contributed by atoms with Crippen molar-refractivity contribution in [3.8, 4) is 0 Å². The second-order valence-corrected chi connectivity index (χ2v) is 6.45. The van der Waals surface area contributed by atoms with Crippen LogP contribution in [0, 0.1) is 5.82 Å². The van der Waals surface area contributed by atoms with Gasteiger partial charge < -0.3 is 5.73 Å². The highest BCUT2D eigenvalue weighted by Gasteiger charge is 2.12. The van der Waals surface area contributed by atoms with Gasteiger partial charge in [-0.05, 0) is 58.7 Å². The maximum absolute atomic E-state index is 13.2. The van der Waals surface area contributed by atoms with Crippen LogP contribution in [0.3, 0.4) is 0 Å². The monoisotopic (exact) mass is 313 g/mol. The second kappa shape index (κ2) is 5.76. The summed E-state index contributed by atoms with van der Waals surface area (Å²) < 4.78 is 14.3. The molecule has 1 aromatic carbocycles. The molecule has 0 bridgehead atoms. The molecule has 2 N–H and O–H groups in total. The molecule has 0 radical (unpaired) electrons. The first-order valence-electron chi connectivity index (χ1n) is 5.39. The minimum absolute atomic E-state index is 0.177. The minimum atomic E-state index is -0.201. The molecule has 0 aliphatic carbocycles. The molecule has 1 aromatic heterocycles. The van der Waals surface area contributed by atoms with Crippen molar-refractivity contribution in [3.63, 3.8) is 0 Å². The maximum atomic E-state index is 13.2. The topological polar surface area (TPSA) is 26.0 Å². The third-order valence-corrected chi connectivity index (χ3v) is 4.33. The molecule has 0 saturated carbocycles. The van der Waals surface area contributed by atoms with Gasteiger partial charge in [0, 0.05) is 10.8 Å². The first-order chi connectivity index (χ1) is 8.19. The molecule has 0 saturated heterocycles. The molecule has 0 spiro atoms. The van der Waals surface area contributed by atoms with Crippen LogP contribution in [0.1, 0.15) is 16.4 Å². The van der Waals surface area contributed by atoms with Gasteiger partial charge in [-0.3, -0.25) is 0 Å². The Bertz CT molecular complexity index is 498. The highest BCUT2D eigenvalue weighted by Crippen LogP contribution is 2.27. The first-order valence-corrected chi connectivity index (χ1v) is 6.99. The summed E-state index contributed by atoms with van der Waals surface area (Å²) in [6.45, 7) is 0.527. The van der Waals surface area contributed by atoms with Crippen molar-refractivity contribution in [1.82, 2.24) is 0 Å². The molecule has 90 valence electrons. The van der Waals surface area contributed by atoms with Crippen LogP contribution in [0.5, 0.6) is 0 Å². The van der Waals surface area contributed by atoms with E-state index in [9.17, 15) is 4.39 Å². The van der Waals surface area contributed by atoms with E-state index < -0.39 is 0 Å². The number of hydrogen-bond donors (Lipinski definition) is 1. The van der Waals surface area contributed by atoms with Crippen molar-refractivity contribution >= 4 is 27.3 Å². The second-order valence-electron chi connectivity index (χ2n) is 3.90. The van der Waals surface area contributed by atoms with Crippen LogP contribution in [0.15, 0.2) is 40.2 Å². The Hall–Kier alpha value is -0.710. The van der Waals surface area contributed by atoms with Crippen molar-refractivity contribution in [3.05, 3.63) is 56.4 Å². The van der Waals surface area contributed by atoms with Gasteiger partial charge in [0.25, 0.3) is 0 Å². The molecule has 0 aliphatic rings. The van der Waals surface area contributed by atoms with E-state index in [0.717, 1.165) is 15.8 Å². The first kappa shape index (κ1) is 12.7. The summed E-state index contributed by atoms with van der Waals surface area (Å²) in [6, 6.07) is 10.8. The van der Waals surface area contributed by atoms with E-state index >= 15 is 0 Å². The Morgan fingerprint density at radius 3 is 2.71 bits per heavy atom. The van der Waals surface area contributed by atoms with Gasteiger partial charge >= 0.3 is 0 Å². The van der Waals surface area contributed by atoms with Gasteiger partial charge in [0.05, 0.1) is 3.79 Å². The quantitative estimate of drug-likeness (QED) is 0.909. The van der Waals surface area contributed by atoms with Crippen LogP contribution in [-0.2, 0) is 6.42 Å². The lowest BCUT2D eigenvalue weighted by atomic mass is 9.95. The summed E-state index contributed by atoms with van der Waals surface area (Å²) >= 11 is 5.14. The fourth-order valence-corrected chi connectivity index (χ4v) is 3.37. The zero-order chi connectivity index (χ0) is 12.3. The average molecular weight is 314 g/mol.